The van der Waals surface area contributed by atoms with Crippen molar-refractivity contribution in [2.75, 3.05) is 54.7 Å². The minimum atomic E-state index is -1.63. The van der Waals surface area contributed by atoms with E-state index in [2.05, 4.69) is 40.1 Å². The minimum Gasteiger partial charge on any atom is -0.394 e. The van der Waals surface area contributed by atoms with Crippen molar-refractivity contribution in [2.24, 2.45) is 0 Å². The number of aliphatic hydroxyl groups excluding tert-OH is 2. The van der Waals surface area contributed by atoms with E-state index in [0.717, 1.165) is 33.4 Å². The zero-order chi connectivity index (χ0) is 74.0. The molecule has 29 nitrogen and oxygen atoms in total. The molecule has 0 bridgehead atoms. The van der Waals surface area contributed by atoms with Crippen LogP contribution in [0.2, 0.25) is 0 Å². The van der Waals surface area contributed by atoms with Gasteiger partial charge in [-0.15, -0.1) is 15.3 Å². The second kappa shape index (κ2) is 35.3. The molecule has 15 rings (SSSR count). The molecule has 6 aromatic carbocycles. The summed E-state index contributed by atoms with van der Waals surface area (Å²) < 4.78 is 63.0. The third-order valence-corrected chi connectivity index (χ3v) is 19.3. The smallest absolute Gasteiger partial charge is 0.240 e. The van der Waals surface area contributed by atoms with Gasteiger partial charge in [0.15, 0.2) is 34.4 Å². The maximum atomic E-state index is 10.5. The summed E-state index contributed by atoms with van der Waals surface area (Å²) in [6.45, 7) is 7.96. The van der Waals surface area contributed by atoms with Crippen LogP contribution in [0, 0.1) is 0 Å². The molecule has 3 aliphatic rings. The van der Waals surface area contributed by atoms with Crippen molar-refractivity contribution in [3.8, 4) is 0 Å². The second-order valence-electron chi connectivity index (χ2n) is 26.3. The van der Waals surface area contributed by atoms with Gasteiger partial charge in [0.05, 0.1) is 95.1 Å². The molecule has 13 N–H and O–H groups in total. The summed E-state index contributed by atoms with van der Waals surface area (Å²) in [7, 11) is 0. The number of nitrogens with two attached hydrogens (primary N) is 5. The van der Waals surface area contributed by atoms with Gasteiger partial charge >= 0.3 is 0 Å². The van der Waals surface area contributed by atoms with Crippen LogP contribution in [0.15, 0.2) is 206 Å². The van der Waals surface area contributed by atoms with Crippen LogP contribution in [-0.4, -0.2) is 154 Å². The summed E-state index contributed by atoms with van der Waals surface area (Å²) in [5.74, 6) is 0.541. The van der Waals surface area contributed by atoms with Crippen molar-refractivity contribution in [2.45, 2.75) is 152 Å². The number of aromatic nitrogens is 12. The highest BCUT2D eigenvalue weighted by Gasteiger charge is 2.59. The minimum absolute atomic E-state index is 0. The van der Waals surface area contributed by atoms with Gasteiger partial charge in [0.1, 0.15) is 71.7 Å². The maximum absolute atomic E-state index is 10.5. The van der Waals surface area contributed by atoms with Crippen molar-refractivity contribution < 1.29 is 58.0 Å². The van der Waals surface area contributed by atoms with Gasteiger partial charge in [0.25, 0.3) is 0 Å². The van der Waals surface area contributed by atoms with Gasteiger partial charge in [-0.2, -0.15) is 9.97 Å². The Morgan fingerprint density at radius 1 is 0.435 bits per heavy atom. The highest BCUT2D eigenvalue weighted by Crippen LogP contribution is 2.49. The van der Waals surface area contributed by atoms with Gasteiger partial charge in [-0.05, 0) is 60.4 Å². The van der Waals surface area contributed by atoms with Crippen molar-refractivity contribution in [3.63, 3.8) is 0 Å². The number of benzene rings is 6. The van der Waals surface area contributed by atoms with Gasteiger partial charge in [0.2, 0.25) is 17.1 Å². The summed E-state index contributed by atoms with van der Waals surface area (Å²) in [4.78, 5) is 25.3. The number of nitrogens with zero attached hydrogens (tertiary/aromatic N) is 12. The Balaban J connectivity index is 0.000000169. The normalized spacial score (nSPS) is 23.7. The molecule has 0 spiro atoms. The Kier molecular flexibility index (Phi) is 25.8. The van der Waals surface area contributed by atoms with Gasteiger partial charge in [-0.3, -0.25) is 0 Å². The van der Waals surface area contributed by atoms with E-state index < -0.39 is 78.3 Å². The van der Waals surface area contributed by atoms with E-state index in [1.54, 1.807) is 21.4 Å². The third kappa shape index (κ3) is 17.4. The lowest BCUT2D eigenvalue weighted by Crippen LogP contribution is -2.47. The van der Waals surface area contributed by atoms with Gasteiger partial charge in [-0.1, -0.05) is 209 Å². The fraction of sp³-hybridized carbons (Fsp3) is 0.346. The Morgan fingerprint density at radius 2 is 0.750 bits per heavy atom. The number of rotatable bonds is 25. The predicted molar refractivity (Wildman–Crippen MR) is 408 cm³/mol. The molecule has 0 saturated carbocycles. The van der Waals surface area contributed by atoms with E-state index in [1.165, 1.54) is 29.4 Å². The van der Waals surface area contributed by atoms with Gasteiger partial charge < -0.3 is 86.6 Å². The standard InChI is InChI=1S/C33H35N5O4S.C32H34N6O4.C11H16N6O4.2CH4/c1-33(41-21-25-16-10-5-11-17-25)28(26-18-35-31-30(34)36-32(43-2)37-38(26)31)42-27(22-39-19-23-12-6-3-7-13-23)29(33)40-20-24-14-8-4-9-15-24;1-32(41-20-24-15-9-4-10-16-24)27(25-17-35-30-29(33)36-31(34)37-38(25)30)42-26(21-39-18-22-11-5-2-6-12-22)28(32)40-19-23-13-7-3-8-14-23;1-11(20)6(19)5(3-18)21-7(11)4-2-14-9-8(12)15-10(13)16-17(4)9;;/h3-18,27-29H,19-22H2,1-2H3,(H2,34,36,37);2-17,26-28H,18-21H2,1H3,(H4,33,34,36,37);2,5-7,18-20H,3H2,1H3,(H4,12,13,15,16);2*1H4/t27-,28+,29-,33+;26-,27+,28-,32+;5-,6-,7+,11-;;/m111../s1. The van der Waals surface area contributed by atoms with E-state index in [-0.39, 0.29) is 50.6 Å². The number of anilines is 5. The number of hydrogen-bond acceptors (Lipinski definition) is 27. The largest absolute Gasteiger partial charge is 0.394 e. The van der Waals surface area contributed by atoms with Crippen molar-refractivity contribution in [3.05, 3.63) is 251 Å². The van der Waals surface area contributed by atoms with Crippen molar-refractivity contribution in [1.82, 2.24) is 58.7 Å². The van der Waals surface area contributed by atoms with Crippen molar-refractivity contribution in [1.29, 1.82) is 0 Å². The lowest BCUT2D eigenvalue weighted by molar-refractivity contribution is -0.148. The van der Waals surface area contributed by atoms with Gasteiger partial charge in [0, 0.05) is 0 Å². The number of hydrogen-bond donors (Lipinski definition) is 8. The Hall–Kier alpha value is -10.2. The van der Waals surface area contributed by atoms with Crippen LogP contribution in [0.4, 0.5) is 29.4 Å². The lowest BCUT2D eigenvalue weighted by Gasteiger charge is -2.35. The maximum Gasteiger partial charge on any atom is 0.240 e. The highest BCUT2D eigenvalue weighted by molar-refractivity contribution is 7.98. The molecule has 0 aliphatic carbocycles. The molecule has 12 aromatic rings. The molecule has 108 heavy (non-hydrogen) atoms. The fourth-order valence-electron chi connectivity index (χ4n) is 13.3. The molecular weight excluding hydrogens is 1400 g/mol. The lowest BCUT2D eigenvalue weighted by atomic mass is 9.90. The average molecular weight is 1490 g/mol. The highest BCUT2D eigenvalue weighted by atomic mass is 32.2. The number of nitrogen functional groups attached to an aromatic ring is 5. The molecule has 0 amide bonds. The van der Waals surface area contributed by atoms with Crippen LogP contribution < -0.4 is 28.7 Å². The average Bonchev–Trinajstić information content (AvgIpc) is 1.60. The topological polar surface area (TPSA) is 403 Å². The SMILES string of the molecule is C.C.CSc1nc(N)c2ncc([C@@H]3O[C@H](COCc4ccccc4)[C@@H](OCc4ccccc4)[C@@]3(C)OCc3ccccc3)n2n1.C[C@@]1(O)[C@H](O)[C@@H](CO)O[C@H]1c1cnc2c(N)nc(N)nn12.C[C@@]1(OCc2ccccc2)[C@H](OCc2ccccc2)[C@@H](COCc2ccccc2)O[C@H]1c1cnc2c(N)nc(N)nn12. The first-order valence-electron chi connectivity index (χ1n) is 34.4. The summed E-state index contributed by atoms with van der Waals surface area (Å²) in [6.07, 6.45) is 0.471. The molecule has 568 valence electrons. The zero-order valence-corrected chi connectivity index (χ0v) is 59.6. The van der Waals surface area contributed by atoms with Crippen LogP contribution in [0.5, 0.6) is 0 Å². The second-order valence-corrected chi connectivity index (χ2v) is 27.1. The molecule has 9 heterocycles. The first kappa shape index (κ1) is 78.9. The number of fused-ring (bicyclic) bond motifs is 3. The van der Waals surface area contributed by atoms with Crippen LogP contribution in [0.1, 0.15) is 104 Å². The Bertz CT molecular complexity index is 4830. The van der Waals surface area contributed by atoms with Crippen LogP contribution in [-0.2, 0) is 82.3 Å². The van der Waals surface area contributed by atoms with E-state index in [1.807, 2.05) is 202 Å². The molecule has 0 unspecified atom stereocenters. The number of thioether (sulfide) groups is 1. The molecular formula is C78H93N17O12S. The van der Waals surface area contributed by atoms with E-state index in [4.69, 9.17) is 76.4 Å². The van der Waals surface area contributed by atoms with Crippen LogP contribution >= 0.6 is 11.8 Å². The number of ether oxygens (including phenoxy) is 9. The Labute approximate surface area is 629 Å². The fourth-order valence-corrected chi connectivity index (χ4v) is 13.7. The molecule has 3 fully saturated rings. The monoisotopic (exact) mass is 1490 g/mol. The summed E-state index contributed by atoms with van der Waals surface area (Å²) in [5, 5.41) is 43.3. The van der Waals surface area contributed by atoms with E-state index >= 15 is 0 Å². The van der Waals surface area contributed by atoms with E-state index in [0.29, 0.717) is 85.6 Å². The van der Waals surface area contributed by atoms with E-state index in [9.17, 15) is 15.3 Å². The summed E-state index contributed by atoms with van der Waals surface area (Å²) in [6, 6.07) is 60.3. The summed E-state index contributed by atoms with van der Waals surface area (Å²) in [5.41, 5.74) is 35.2. The molecule has 30 heteroatoms. The molecule has 0 radical (unpaired) electrons. The van der Waals surface area contributed by atoms with Crippen LogP contribution in [0.3, 0.4) is 0 Å². The predicted octanol–water partition coefficient (Wildman–Crippen LogP) is 9.26. The first-order chi connectivity index (χ1) is 51.4. The third-order valence-electron chi connectivity index (χ3n) is 18.8. The quantitative estimate of drug-likeness (QED) is 0.0247. The molecule has 3 aliphatic heterocycles. The summed E-state index contributed by atoms with van der Waals surface area (Å²) >= 11 is 1.41. The van der Waals surface area contributed by atoms with Crippen molar-refractivity contribution >= 4 is 58.1 Å². The zero-order valence-electron chi connectivity index (χ0n) is 58.8. The Morgan fingerprint density at radius 3 is 1.09 bits per heavy atom. The van der Waals surface area contributed by atoms with Crippen LogP contribution in [0.25, 0.3) is 16.9 Å². The number of aliphatic hydroxyl groups is 3. The first-order valence-corrected chi connectivity index (χ1v) is 35.6. The molecule has 12 atom stereocenters. The van der Waals surface area contributed by atoms with Gasteiger partial charge in [-0.25, -0.2) is 33.5 Å². The number of imidazole rings is 3. The molecule has 6 aromatic heterocycles. The molecule has 3 saturated heterocycles.